The zero-order valence-corrected chi connectivity index (χ0v) is 12.8. The second-order valence-electron chi connectivity index (χ2n) is 5.00. The van der Waals surface area contributed by atoms with Crippen molar-refractivity contribution in [1.82, 2.24) is 5.32 Å². The van der Waals surface area contributed by atoms with Gasteiger partial charge in [0.25, 0.3) is 0 Å². The van der Waals surface area contributed by atoms with E-state index in [0.717, 1.165) is 0 Å². The summed E-state index contributed by atoms with van der Waals surface area (Å²) in [5.74, 6) is -1.20. The van der Waals surface area contributed by atoms with Crippen LogP contribution in [0, 0.1) is 5.92 Å². The number of amides is 1. The molecule has 4 nitrogen and oxygen atoms in total. The topological polar surface area (TPSA) is 66.4 Å². The highest BCUT2D eigenvalue weighted by Gasteiger charge is 2.21. The van der Waals surface area contributed by atoms with E-state index in [2.05, 4.69) is 5.32 Å². The number of halogens is 2. The molecule has 0 fully saturated rings. The molecule has 0 saturated carbocycles. The molecule has 0 radical (unpaired) electrons. The highest BCUT2D eigenvalue weighted by Crippen LogP contribution is 2.22. The van der Waals surface area contributed by atoms with Crippen LogP contribution in [-0.4, -0.2) is 23.0 Å². The van der Waals surface area contributed by atoms with Crippen molar-refractivity contribution in [1.29, 1.82) is 0 Å². The van der Waals surface area contributed by atoms with Crippen molar-refractivity contribution in [2.45, 2.75) is 32.7 Å². The van der Waals surface area contributed by atoms with Crippen molar-refractivity contribution in [3.8, 4) is 0 Å². The molecular weight excluding hydrogens is 301 g/mol. The minimum absolute atomic E-state index is 0.120. The molecule has 6 heteroatoms. The second-order valence-corrected chi connectivity index (χ2v) is 5.84. The molecule has 0 aliphatic heterocycles. The average molecular weight is 318 g/mol. The molecule has 0 spiro atoms. The van der Waals surface area contributed by atoms with Crippen molar-refractivity contribution >= 4 is 35.1 Å². The smallest absolute Gasteiger partial charge is 0.326 e. The summed E-state index contributed by atoms with van der Waals surface area (Å²) in [6.07, 6.45) is 0.410. The number of benzene rings is 1. The van der Waals surface area contributed by atoms with E-state index in [1.54, 1.807) is 18.2 Å². The maximum atomic E-state index is 11.7. The van der Waals surface area contributed by atoms with E-state index in [4.69, 9.17) is 23.2 Å². The molecule has 0 bridgehead atoms. The Bertz CT molecular complexity index is 503. The normalized spacial score (nSPS) is 12.2. The van der Waals surface area contributed by atoms with E-state index in [9.17, 15) is 14.7 Å². The molecule has 2 N–H and O–H groups in total. The van der Waals surface area contributed by atoms with Gasteiger partial charge in [-0.15, -0.1) is 0 Å². The number of hydrogen-bond donors (Lipinski definition) is 2. The molecule has 1 aromatic rings. The molecule has 0 aliphatic rings. The predicted molar refractivity (Wildman–Crippen MR) is 79.2 cm³/mol. The van der Waals surface area contributed by atoms with E-state index in [0.29, 0.717) is 15.6 Å². The molecule has 1 amide bonds. The number of rotatable bonds is 6. The Balaban J connectivity index is 2.77. The van der Waals surface area contributed by atoms with Gasteiger partial charge in [-0.2, -0.15) is 0 Å². The lowest BCUT2D eigenvalue weighted by Gasteiger charge is -2.16. The molecule has 0 aromatic heterocycles. The van der Waals surface area contributed by atoms with E-state index in [1.165, 1.54) is 0 Å². The van der Waals surface area contributed by atoms with Crippen LogP contribution in [0.25, 0.3) is 0 Å². The first-order chi connectivity index (χ1) is 9.29. The predicted octanol–water partition coefficient (Wildman–Crippen LogP) is 3.15. The first-order valence-electron chi connectivity index (χ1n) is 6.25. The van der Waals surface area contributed by atoms with Gasteiger partial charge in [-0.1, -0.05) is 43.1 Å². The summed E-state index contributed by atoms with van der Waals surface area (Å²) in [5, 5.41) is 12.6. The standard InChI is InChI=1S/C14H17Cl2NO3/c1-8(2)5-13(18)17-12(14(19)20)6-9-3-4-10(15)7-11(9)16/h3-4,7-8,12H,5-6H2,1-2H3,(H,17,18)(H,19,20)/t12-/m0/s1. The molecule has 110 valence electrons. The van der Waals surface area contributed by atoms with Crippen LogP contribution in [0.2, 0.25) is 10.0 Å². The van der Waals surface area contributed by atoms with Gasteiger partial charge in [0.05, 0.1) is 0 Å². The van der Waals surface area contributed by atoms with Crippen molar-refractivity contribution < 1.29 is 14.7 Å². The van der Waals surface area contributed by atoms with Gasteiger partial charge in [-0.25, -0.2) is 4.79 Å². The van der Waals surface area contributed by atoms with Crippen molar-refractivity contribution in [2.24, 2.45) is 5.92 Å². The number of aliphatic carboxylic acids is 1. The summed E-state index contributed by atoms with van der Waals surface area (Å²) in [5.41, 5.74) is 0.633. The number of carbonyl (C=O) groups excluding carboxylic acids is 1. The summed E-state index contributed by atoms with van der Waals surface area (Å²) in [7, 11) is 0. The van der Waals surface area contributed by atoms with E-state index in [-0.39, 0.29) is 24.7 Å². The highest BCUT2D eigenvalue weighted by atomic mass is 35.5. The summed E-state index contributed by atoms with van der Waals surface area (Å²) in [6, 6.07) is 3.85. The van der Waals surface area contributed by atoms with Gasteiger partial charge in [0, 0.05) is 22.9 Å². The van der Waals surface area contributed by atoms with Gasteiger partial charge in [-0.05, 0) is 23.6 Å². The van der Waals surface area contributed by atoms with Crippen molar-refractivity contribution in [2.75, 3.05) is 0 Å². The Labute approximate surface area is 128 Å². The second kappa shape index (κ2) is 7.50. The number of nitrogens with one attached hydrogen (secondary N) is 1. The molecule has 0 heterocycles. The van der Waals surface area contributed by atoms with Crippen LogP contribution in [0.3, 0.4) is 0 Å². The van der Waals surface area contributed by atoms with Gasteiger partial charge >= 0.3 is 5.97 Å². The molecule has 0 aliphatic carbocycles. The number of hydrogen-bond acceptors (Lipinski definition) is 2. The highest BCUT2D eigenvalue weighted by molar-refractivity contribution is 6.35. The lowest BCUT2D eigenvalue weighted by atomic mass is 10.0. The molecule has 1 atom stereocenters. The monoisotopic (exact) mass is 317 g/mol. The fraction of sp³-hybridized carbons (Fsp3) is 0.429. The largest absolute Gasteiger partial charge is 0.480 e. The lowest BCUT2D eigenvalue weighted by Crippen LogP contribution is -2.42. The van der Waals surface area contributed by atoms with E-state index in [1.807, 2.05) is 13.8 Å². The van der Waals surface area contributed by atoms with E-state index < -0.39 is 12.0 Å². The van der Waals surface area contributed by atoms with Crippen molar-refractivity contribution in [3.05, 3.63) is 33.8 Å². The zero-order chi connectivity index (χ0) is 15.3. The van der Waals surface area contributed by atoms with Gasteiger partial charge in [0.2, 0.25) is 5.91 Å². The van der Waals surface area contributed by atoms with Gasteiger partial charge < -0.3 is 10.4 Å². The fourth-order valence-electron chi connectivity index (χ4n) is 1.73. The van der Waals surface area contributed by atoms with E-state index >= 15 is 0 Å². The Morgan fingerprint density at radius 1 is 1.30 bits per heavy atom. The Kier molecular flexibility index (Phi) is 6.30. The minimum Gasteiger partial charge on any atom is -0.480 e. The maximum Gasteiger partial charge on any atom is 0.326 e. The maximum absolute atomic E-state index is 11.7. The molecule has 1 rings (SSSR count). The third-order valence-electron chi connectivity index (χ3n) is 2.67. The van der Waals surface area contributed by atoms with Crippen LogP contribution in [0.1, 0.15) is 25.8 Å². The van der Waals surface area contributed by atoms with Gasteiger partial charge in [0.15, 0.2) is 0 Å². The van der Waals surface area contributed by atoms with Crippen LogP contribution >= 0.6 is 23.2 Å². The summed E-state index contributed by atoms with van der Waals surface area (Å²) in [6.45, 7) is 3.79. The molecule has 1 aromatic carbocycles. The fourth-order valence-corrected chi connectivity index (χ4v) is 2.22. The SMILES string of the molecule is CC(C)CC(=O)N[C@@H](Cc1ccc(Cl)cc1Cl)C(=O)O. The van der Waals surface area contributed by atoms with Crippen LogP contribution in [0.4, 0.5) is 0 Å². The molecule has 0 saturated heterocycles. The lowest BCUT2D eigenvalue weighted by molar-refractivity contribution is -0.141. The van der Waals surface area contributed by atoms with Crippen molar-refractivity contribution in [3.63, 3.8) is 0 Å². The van der Waals surface area contributed by atoms with Crippen LogP contribution in [0.15, 0.2) is 18.2 Å². The number of carbonyl (C=O) groups is 2. The third-order valence-corrected chi connectivity index (χ3v) is 3.25. The number of carboxylic acid groups (broad SMARTS) is 1. The molecule has 0 unspecified atom stereocenters. The van der Waals surface area contributed by atoms with Crippen LogP contribution in [-0.2, 0) is 16.0 Å². The summed E-state index contributed by atoms with van der Waals surface area (Å²) in [4.78, 5) is 22.9. The summed E-state index contributed by atoms with van der Waals surface area (Å²) < 4.78 is 0. The first kappa shape index (κ1) is 16.8. The quantitative estimate of drug-likeness (QED) is 0.847. The van der Waals surface area contributed by atoms with Crippen LogP contribution < -0.4 is 5.32 Å². The zero-order valence-electron chi connectivity index (χ0n) is 11.3. The average Bonchev–Trinajstić information content (AvgIpc) is 2.30. The Morgan fingerprint density at radius 2 is 1.95 bits per heavy atom. The van der Waals surface area contributed by atoms with Gasteiger partial charge in [-0.3, -0.25) is 4.79 Å². The van der Waals surface area contributed by atoms with Crippen LogP contribution in [0.5, 0.6) is 0 Å². The Hall–Kier alpha value is -1.26. The third kappa shape index (κ3) is 5.39. The summed E-state index contributed by atoms with van der Waals surface area (Å²) >= 11 is 11.8. The molecule has 20 heavy (non-hydrogen) atoms. The van der Waals surface area contributed by atoms with Gasteiger partial charge in [0.1, 0.15) is 6.04 Å². The molecular formula is C14H17Cl2NO3. The minimum atomic E-state index is -1.09. The number of carboxylic acids is 1. The Morgan fingerprint density at radius 3 is 2.45 bits per heavy atom. The first-order valence-corrected chi connectivity index (χ1v) is 7.01.